The van der Waals surface area contributed by atoms with Gasteiger partial charge >= 0.3 is 5.69 Å². The first-order valence-corrected chi connectivity index (χ1v) is 7.94. The summed E-state index contributed by atoms with van der Waals surface area (Å²) in [6, 6.07) is 9.76. The number of benzene rings is 1. The lowest BCUT2D eigenvalue weighted by Gasteiger charge is -2.22. The van der Waals surface area contributed by atoms with Crippen molar-refractivity contribution in [3.63, 3.8) is 0 Å². The molecule has 0 spiro atoms. The van der Waals surface area contributed by atoms with Crippen LogP contribution in [0.5, 0.6) is 0 Å². The zero-order valence-electron chi connectivity index (χ0n) is 13.4. The van der Waals surface area contributed by atoms with E-state index < -0.39 is 17.5 Å². The molecule has 1 aliphatic rings. The lowest BCUT2D eigenvalue weighted by Crippen LogP contribution is -2.41. The van der Waals surface area contributed by atoms with Crippen molar-refractivity contribution < 1.29 is 9.84 Å². The van der Waals surface area contributed by atoms with Crippen molar-refractivity contribution in [3.05, 3.63) is 68.5 Å². The van der Waals surface area contributed by atoms with Gasteiger partial charge in [-0.25, -0.2) is 4.79 Å². The molecule has 1 fully saturated rings. The first kappa shape index (κ1) is 16.6. The highest BCUT2D eigenvalue weighted by Crippen LogP contribution is 2.28. The quantitative estimate of drug-likeness (QED) is 0.731. The molecule has 128 valence electrons. The molecule has 0 aliphatic carbocycles. The monoisotopic (exact) mass is 331 g/mol. The van der Waals surface area contributed by atoms with E-state index in [1.165, 1.54) is 10.8 Å². The van der Waals surface area contributed by atoms with E-state index in [4.69, 9.17) is 4.74 Å². The van der Waals surface area contributed by atoms with Gasteiger partial charge in [0.25, 0.3) is 5.56 Å². The van der Waals surface area contributed by atoms with E-state index in [9.17, 15) is 14.7 Å². The second-order valence-electron chi connectivity index (χ2n) is 6.02. The zero-order valence-corrected chi connectivity index (χ0v) is 13.4. The van der Waals surface area contributed by atoms with Gasteiger partial charge in [0.2, 0.25) is 0 Å². The number of hydrogen-bond acceptors (Lipinski definition) is 5. The molecule has 3 atom stereocenters. The summed E-state index contributed by atoms with van der Waals surface area (Å²) < 4.78 is 7.19. The summed E-state index contributed by atoms with van der Waals surface area (Å²) in [4.78, 5) is 26.0. The Bertz CT molecular complexity index is 799. The summed E-state index contributed by atoms with van der Waals surface area (Å²) in [6.07, 6.45) is 1.16. The van der Waals surface area contributed by atoms with Crippen LogP contribution < -0.4 is 16.6 Å². The van der Waals surface area contributed by atoms with E-state index in [0.717, 1.165) is 5.56 Å². The normalized spacial score (nSPS) is 23.5. The Kier molecular flexibility index (Phi) is 4.94. The van der Waals surface area contributed by atoms with Gasteiger partial charge in [-0.15, -0.1) is 0 Å². The fourth-order valence-corrected chi connectivity index (χ4v) is 2.93. The highest BCUT2D eigenvalue weighted by molar-refractivity contribution is 5.14. The molecule has 3 N–H and O–H groups in total. The number of aryl methyl sites for hydroxylation is 1. The molecular formula is C17H21N3O4. The Morgan fingerprint density at radius 1 is 1.33 bits per heavy atom. The van der Waals surface area contributed by atoms with Crippen molar-refractivity contribution >= 4 is 0 Å². The molecule has 7 heteroatoms. The van der Waals surface area contributed by atoms with E-state index >= 15 is 0 Å². The number of rotatable bonds is 5. The fourth-order valence-electron chi connectivity index (χ4n) is 2.93. The number of nitrogens with zero attached hydrogens (tertiary/aromatic N) is 1. The van der Waals surface area contributed by atoms with E-state index in [-0.39, 0.29) is 18.8 Å². The third kappa shape index (κ3) is 3.48. The van der Waals surface area contributed by atoms with Crippen LogP contribution in [-0.2, 0) is 11.3 Å². The second-order valence-corrected chi connectivity index (χ2v) is 6.02. The number of H-pyrrole nitrogens is 1. The van der Waals surface area contributed by atoms with Crippen molar-refractivity contribution in [3.8, 4) is 0 Å². The molecule has 3 rings (SSSR count). The van der Waals surface area contributed by atoms with Gasteiger partial charge in [0, 0.05) is 18.3 Å². The average molecular weight is 331 g/mol. The Hall–Kier alpha value is -2.22. The summed E-state index contributed by atoms with van der Waals surface area (Å²) in [5, 5.41) is 12.8. The smallest absolute Gasteiger partial charge is 0.330 e. The Labute approximate surface area is 138 Å². The van der Waals surface area contributed by atoms with Gasteiger partial charge < -0.3 is 15.2 Å². The molecule has 0 bridgehead atoms. The van der Waals surface area contributed by atoms with Crippen LogP contribution in [0, 0.1) is 6.92 Å². The lowest BCUT2D eigenvalue weighted by molar-refractivity contribution is -0.0307. The summed E-state index contributed by atoms with van der Waals surface area (Å²) in [6.45, 7) is 2.15. The average Bonchev–Trinajstić information content (AvgIpc) is 3.00. The summed E-state index contributed by atoms with van der Waals surface area (Å²) in [7, 11) is 0. The van der Waals surface area contributed by atoms with Crippen molar-refractivity contribution in [2.24, 2.45) is 0 Å². The summed E-state index contributed by atoms with van der Waals surface area (Å²) in [5.41, 5.74) is 0.642. The fraction of sp³-hybridized carbons (Fsp3) is 0.412. The topological polar surface area (TPSA) is 96.3 Å². The van der Waals surface area contributed by atoms with E-state index in [1.54, 1.807) is 6.92 Å². The standard InChI is InChI=1S/C17H21N3O4/c1-11-9-20(17(23)19-15(11)22)16-14(7-13(10-21)24-16)18-8-12-5-3-2-4-6-12/h2-6,9,13-14,16,18,21H,7-8,10H2,1H3,(H,19,22,23)/t13-,14+,16+/m0/s1. The molecule has 1 aromatic heterocycles. The van der Waals surface area contributed by atoms with Crippen LogP contribution in [-0.4, -0.2) is 33.4 Å². The van der Waals surface area contributed by atoms with Gasteiger partial charge in [-0.05, 0) is 18.9 Å². The maximum Gasteiger partial charge on any atom is 0.330 e. The van der Waals surface area contributed by atoms with Gasteiger partial charge in [-0.3, -0.25) is 14.3 Å². The highest BCUT2D eigenvalue weighted by atomic mass is 16.5. The number of aliphatic hydroxyl groups excluding tert-OH is 1. The van der Waals surface area contributed by atoms with Crippen LogP contribution in [0.1, 0.15) is 23.8 Å². The predicted octanol–water partition coefficient (Wildman–Crippen LogP) is 0.283. The van der Waals surface area contributed by atoms with Crippen molar-refractivity contribution in [2.75, 3.05) is 6.61 Å². The van der Waals surface area contributed by atoms with E-state index in [2.05, 4.69) is 10.3 Å². The summed E-state index contributed by atoms with van der Waals surface area (Å²) >= 11 is 0. The molecule has 0 saturated carbocycles. The third-order valence-electron chi connectivity index (χ3n) is 4.23. The first-order chi connectivity index (χ1) is 11.6. The minimum absolute atomic E-state index is 0.114. The SMILES string of the molecule is Cc1cn([C@@H]2O[C@H](CO)C[C@H]2NCc2ccccc2)c(=O)[nH]c1=O. The highest BCUT2D eigenvalue weighted by Gasteiger charge is 2.36. The third-order valence-corrected chi connectivity index (χ3v) is 4.23. The molecule has 24 heavy (non-hydrogen) atoms. The molecule has 2 heterocycles. The predicted molar refractivity (Wildman–Crippen MR) is 88.7 cm³/mol. The largest absolute Gasteiger partial charge is 0.394 e. The molecule has 0 radical (unpaired) electrons. The van der Waals surface area contributed by atoms with Gasteiger partial charge in [0.15, 0.2) is 6.23 Å². The van der Waals surface area contributed by atoms with Crippen molar-refractivity contribution in [1.82, 2.24) is 14.9 Å². The van der Waals surface area contributed by atoms with Crippen LogP contribution in [0.25, 0.3) is 0 Å². The number of aromatic amines is 1. The molecular weight excluding hydrogens is 310 g/mol. The van der Waals surface area contributed by atoms with Gasteiger partial charge in [-0.2, -0.15) is 0 Å². The number of hydrogen-bond donors (Lipinski definition) is 3. The Morgan fingerprint density at radius 2 is 2.08 bits per heavy atom. The number of ether oxygens (including phenoxy) is 1. The lowest BCUT2D eigenvalue weighted by atomic mass is 10.1. The molecule has 7 nitrogen and oxygen atoms in total. The zero-order chi connectivity index (χ0) is 17.1. The molecule has 0 unspecified atom stereocenters. The number of aromatic nitrogens is 2. The van der Waals surface area contributed by atoms with Crippen LogP contribution in [0.15, 0.2) is 46.1 Å². The summed E-state index contributed by atoms with van der Waals surface area (Å²) in [5.74, 6) is 0. The van der Waals surface area contributed by atoms with Crippen LogP contribution in [0.3, 0.4) is 0 Å². The minimum Gasteiger partial charge on any atom is -0.394 e. The minimum atomic E-state index is -0.575. The van der Waals surface area contributed by atoms with Crippen molar-refractivity contribution in [1.29, 1.82) is 0 Å². The number of nitrogens with one attached hydrogen (secondary N) is 2. The van der Waals surface area contributed by atoms with Gasteiger partial charge in [-0.1, -0.05) is 30.3 Å². The second kappa shape index (κ2) is 7.12. The Morgan fingerprint density at radius 3 is 2.79 bits per heavy atom. The number of aliphatic hydroxyl groups is 1. The molecule has 0 amide bonds. The molecule has 2 aromatic rings. The maximum atomic E-state index is 12.1. The molecule has 1 saturated heterocycles. The van der Waals surface area contributed by atoms with Gasteiger partial charge in [0.1, 0.15) is 0 Å². The van der Waals surface area contributed by atoms with Crippen molar-refractivity contribution in [2.45, 2.75) is 38.3 Å². The Balaban J connectivity index is 1.83. The molecule has 1 aromatic carbocycles. The first-order valence-electron chi connectivity index (χ1n) is 7.94. The van der Waals surface area contributed by atoms with Crippen LogP contribution in [0.2, 0.25) is 0 Å². The van der Waals surface area contributed by atoms with Crippen LogP contribution in [0.4, 0.5) is 0 Å². The van der Waals surface area contributed by atoms with E-state index in [1.807, 2.05) is 30.3 Å². The van der Waals surface area contributed by atoms with Crippen LogP contribution >= 0.6 is 0 Å². The van der Waals surface area contributed by atoms with E-state index in [0.29, 0.717) is 18.5 Å². The maximum absolute atomic E-state index is 12.1. The molecule has 1 aliphatic heterocycles. The van der Waals surface area contributed by atoms with Gasteiger partial charge in [0.05, 0.1) is 18.8 Å².